The number of benzene rings is 2. The van der Waals surface area contributed by atoms with E-state index in [9.17, 15) is 13.2 Å². The molecule has 4 bridgehead atoms. The van der Waals surface area contributed by atoms with E-state index in [1.807, 2.05) is 30.3 Å². The Morgan fingerprint density at radius 3 is 1.97 bits per heavy atom. The summed E-state index contributed by atoms with van der Waals surface area (Å²) in [5, 5.41) is 0. The molecule has 0 amide bonds. The van der Waals surface area contributed by atoms with Gasteiger partial charge in [0.1, 0.15) is 5.75 Å². The van der Waals surface area contributed by atoms with Crippen LogP contribution in [0, 0.1) is 23.7 Å². The van der Waals surface area contributed by atoms with Crippen LogP contribution in [0.15, 0.2) is 52.5 Å². The Balaban J connectivity index is 1.70. The molecule has 5 heteroatoms. The summed E-state index contributed by atoms with van der Waals surface area (Å²) in [6.45, 7) is 0. The van der Waals surface area contributed by atoms with Crippen LogP contribution in [0.5, 0.6) is 5.75 Å². The summed E-state index contributed by atoms with van der Waals surface area (Å²) in [6, 6.07) is 12.5. The van der Waals surface area contributed by atoms with Gasteiger partial charge in [-0.05, 0) is 96.7 Å². The normalized spacial score (nSPS) is 27.4. The molecule has 4 aliphatic carbocycles. The summed E-state index contributed by atoms with van der Waals surface area (Å²) < 4.78 is 46.4. The van der Waals surface area contributed by atoms with Gasteiger partial charge in [0.05, 0.1) is 12.7 Å². The minimum Gasteiger partial charge on any atom is -0.497 e. The van der Waals surface area contributed by atoms with E-state index >= 15 is 0 Å². The van der Waals surface area contributed by atoms with Crippen molar-refractivity contribution in [2.75, 3.05) is 7.11 Å². The molecule has 1 nitrogen and oxygen atoms in total. The van der Waals surface area contributed by atoms with Crippen molar-refractivity contribution < 1.29 is 17.9 Å². The highest BCUT2D eigenvalue weighted by atomic mass is 79.9. The molecule has 0 saturated heterocycles. The van der Waals surface area contributed by atoms with Crippen molar-refractivity contribution in [1.29, 1.82) is 0 Å². The average Bonchev–Trinajstić information content (AvgIpc) is 2.70. The van der Waals surface area contributed by atoms with Gasteiger partial charge in [0, 0.05) is 4.47 Å². The summed E-state index contributed by atoms with van der Waals surface area (Å²) in [7, 11) is 1.62. The number of alkyl halides is 3. The van der Waals surface area contributed by atoms with Gasteiger partial charge in [-0.15, -0.1) is 0 Å². The fourth-order valence-corrected chi connectivity index (χ4v) is 6.73. The molecule has 0 heterocycles. The predicted octanol–water partition coefficient (Wildman–Crippen LogP) is 7.73. The molecule has 0 aromatic heterocycles. The van der Waals surface area contributed by atoms with Crippen LogP contribution >= 0.6 is 15.9 Å². The molecule has 2 aromatic rings. The maximum atomic E-state index is 13.7. The Bertz CT molecular complexity index is 960. The Morgan fingerprint density at radius 1 is 0.867 bits per heavy atom. The molecule has 2 aromatic carbocycles. The first kappa shape index (κ1) is 20.2. The summed E-state index contributed by atoms with van der Waals surface area (Å²) in [6.07, 6.45) is 1.69. The molecule has 4 fully saturated rings. The number of halogens is 4. The minimum absolute atomic E-state index is 0.0860. The van der Waals surface area contributed by atoms with Crippen molar-refractivity contribution in [3.05, 3.63) is 69.2 Å². The molecular formula is C25H24BrF3O. The lowest BCUT2D eigenvalue weighted by atomic mass is 9.53. The Morgan fingerprint density at radius 2 is 1.43 bits per heavy atom. The Labute approximate surface area is 183 Å². The first-order chi connectivity index (χ1) is 14.3. The molecule has 4 aliphatic rings. The lowest BCUT2D eigenvalue weighted by Gasteiger charge is -2.52. The Hall–Kier alpha value is -1.75. The largest absolute Gasteiger partial charge is 0.497 e. The highest BCUT2D eigenvalue weighted by molar-refractivity contribution is 9.10. The van der Waals surface area contributed by atoms with Crippen molar-refractivity contribution in [1.82, 2.24) is 0 Å². The van der Waals surface area contributed by atoms with Gasteiger partial charge in [-0.2, -0.15) is 13.2 Å². The highest BCUT2D eigenvalue weighted by Gasteiger charge is 2.46. The maximum absolute atomic E-state index is 13.7. The van der Waals surface area contributed by atoms with Crippen molar-refractivity contribution >= 4 is 21.5 Å². The summed E-state index contributed by atoms with van der Waals surface area (Å²) in [5.41, 5.74) is 3.43. The first-order valence-electron chi connectivity index (χ1n) is 10.6. The standard InChI is InChI=1S/C25H24BrF3O/c1-30-20-5-2-16(3-6-20)23(17-4-7-22(26)21(13-17)25(27,28)29)24-18-9-14-8-15(11-18)12-19(24)10-14/h2-7,13-15,18-19H,8-12H2,1H3/t14-,15-,18?,19?. The van der Waals surface area contributed by atoms with Gasteiger partial charge >= 0.3 is 6.18 Å². The van der Waals surface area contributed by atoms with Gasteiger partial charge in [0.2, 0.25) is 0 Å². The van der Waals surface area contributed by atoms with Gasteiger partial charge in [-0.3, -0.25) is 0 Å². The minimum atomic E-state index is -4.39. The molecule has 0 radical (unpaired) electrons. The molecular weight excluding hydrogens is 453 g/mol. The van der Waals surface area contributed by atoms with Crippen LogP contribution < -0.4 is 4.74 Å². The fraction of sp³-hybridized carbons (Fsp3) is 0.440. The van der Waals surface area contributed by atoms with Crippen LogP contribution in [-0.2, 0) is 6.18 Å². The van der Waals surface area contributed by atoms with E-state index in [2.05, 4.69) is 15.9 Å². The van der Waals surface area contributed by atoms with E-state index in [0.29, 0.717) is 17.4 Å². The number of allylic oxidation sites excluding steroid dienone is 1. The third kappa shape index (κ3) is 3.49. The van der Waals surface area contributed by atoms with Gasteiger partial charge < -0.3 is 4.74 Å². The molecule has 6 rings (SSSR count). The van der Waals surface area contributed by atoms with Crippen LogP contribution in [0.3, 0.4) is 0 Å². The van der Waals surface area contributed by atoms with E-state index in [-0.39, 0.29) is 4.47 Å². The zero-order valence-corrected chi connectivity index (χ0v) is 18.4. The van der Waals surface area contributed by atoms with E-state index < -0.39 is 11.7 Å². The molecule has 158 valence electrons. The van der Waals surface area contributed by atoms with Gasteiger partial charge in [0.25, 0.3) is 0 Å². The van der Waals surface area contributed by atoms with E-state index in [1.54, 1.807) is 7.11 Å². The predicted molar refractivity (Wildman–Crippen MR) is 115 cm³/mol. The first-order valence-corrected chi connectivity index (χ1v) is 11.4. The number of hydrogen-bond donors (Lipinski definition) is 0. The highest BCUT2D eigenvalue weighted by Crippen LogP contribution is 2.58. The lowest BCUT2D eigenvalue weighted by molar-refractivity contribution is -0.138. The molecule has 0 aliphatic heterocycles. The second-order valence-electron chi connectivity index (χ2n) is 9.06. The van der Waals surface area contributed by atoms with Crippen molar-refractivity contribution in [3.63, 3.8) is 0 Å². The maximum Gasteiger partial charge on any atom is 0.417 e. The molecule has 0 atom stereocenters. The average molecular weight is 477 g/mol. The van der Waals surface area contributed by atoms with E-state index in [1.165, 1.54) is 49.8 Å². The third-order valence-electron chi connectivity index (χ3n) is 7.25. The Kier molecular flexibility index (Phi) is 5.00. The summed E-state index contributed by atoms with van der Waals surface area (Å²) in [5.74, 6) is 3.33. The van der Waals surface area contributed by atoms with Crippen LogP contribution in [0.4, 0.5) is 13.2 Å². The van der Waals surface area contributed by atoms with Crippen LogP contribution in [0.2, 0.25) is 0 Å². The smallest absolute Gasteiger partial charge is 0.417 e. The molecule has 0 spiro atoms. The number of rotatable bonds is 3. The molecule has 0 N–H and O–H groups in total. The zero-order chi connectivity index (χ0) is 21.0. The van der Waals surface area contributed by atoms with E-state index in [0.717, 1.165) is 28.7 Å². The van der Waals surface area contributed by atoms with Crippen molar-refractivity contribution in [2.24, 2.45) is 23.7 Å². The monoisotopic (exact) mass is 476 g/mol. The fourth-order valence-electron chi connectivity index (χ4n) is 6.26. The van der Waals surface area contributed by atoms with Crippen LogP contribution in [0.25, 0.3) is 5.57 Å². The van der Waals surface area contributed by atoms with Gasteiger partial charge in [-0.1, -0.05) is 39.7 Å². The van der Waals surface area contributed by atoms with E-state index in [4.69, 9.17) is 4.74 Å². The van der Waals surface area contributed by atoms with Crippen molar-refractivity contribution in [3.8, 4) is 5.75 Å². The number of ether oxygens (including phenoxy) is 1. The topological polar surface area (TPSA) is 9.23 Å². The van der Waals surface area contributed by atoms with Gasteiger partial charge in [-0.25, -0.2) is 0 Å². The van der Waals surface area contributed by atoms with Crippen molar-refractivity contribution in [2.45, 2.75) is 38.3 Å². The summed E-state index contributed by atoms with van der Waals surface area (Å²) >= 11 is 3.10. The quantitative estimate of drug-likeness (QED) is 0.440. The second-order valence-corrected chi connectivity index (χ2v) is 9.91. The molecule has 30 heavy (non-hydrogen) atoms. The van der Waals surface area contributed by atoms with Gasteiger partial charge in [0.15, 0.2) is 0 Å². The zero-order valence-electron chi connectivity index (χ0n) is 16.8. The van der Waals surface area contributed by atoms with Crippen LogP contribution in [0.1, 0.15) is 48.8 Å². The SMILES string of the molecule is COc1ccc(C(=C2C3C[C@H]4CC2C[C@H](C3)C4)c2ccc(Br)c(C(F)(F)F)c2)cc1. The second kappa shape index (κ2) is 7.44. The van der Waals surface area contributed by atoms with Crippen LogP contribution in [-0.4, -0.2) is 7.11 Å². The number of hydrogen-bond acceptors (Lipinski definition) is 1. The lowest BCUT2D eigenvalue weighted by Crippen LogP contribution is -2.40. The molecule has 4 saturated carbocycles. The third-order valence-corrected chi connectivity index (χ3v) is 7.94. The number of methoxy groups -OCH3 is 1. The summed E-state index contributed by atoms with van der Waals surface area (Å²) in [4.78, 5) is 0. The molecule has 0 unspecified atom stereocenters.